The molecule has 0 bridgehead atoms. The number of nitrogens with zero attached hydrogens (tertiary/aromatic N) is 2. The van der Waals surface area contributed by atoms with Gasteiger partial charge in [0.1, 0.15) is 23.1 Å². The van der Waals surface area contributed by atoms with Crippen LogP contribution in [0.2, 0.25) is 0 Å². The minimum Gasteiger partial charge on any atom is -0.497 e. The van der Waals surface area contributed by atoms with Crippen LogP contribution in [0.25, 0.3) is 78.9 Å². The largest absolute Gasteiger partial charge is 0.497 e. The number of H-pyrrole nitrogens is 2. The number of imidazole rings is 2. The molecular weight excluding hydrogens is 617 g/mol. The van der Waals surface area contributed by atoms with Crippen LogP contribution in [0.15, 0.2) is 158 Å². The standard InChI is InChI=1S/C44H34N4O2/c1-49-37-25-21-35(22-26-37)43-45-39(31-9-5-3-6-10-31)41(47-43)33-17-13-29(14-18-33)30-15-19-34(20-16-30)42-40(32-11-7-4-8-12-32)46-44(48-42)36-23-27-38(50-2)28-24-36/h3-28H,1-2H3,(H,45,47)(H,46,48). The first-order valence-electron chi connectivity index (χ1n) is 16.5. The molecule has 0 unspecified atom stereocenters. The molecule has 6 nitrogen and oxygen atoms in total. The van der Waals surface area contributed by atoms with E-state index in [9.17, 15) is 0 Å². The van der Waals surface area contributed by atoms with Crippen molar-refractivity contribution in [1.82, 2.24) is 19.9 Å². The van der Waals surface area contributed by atoms with E-state index in [2.05, 4.69) is 82.8 Å². The SMILES string of the molecule is COc1ccc(-c2nc(-c3ccc(-c4ccc(-c5[nH]c(-c6ccc(OC)cc6)nc5-c5ccccc5)cc4)cc3)c(-c3ccccc3)[nH]2)cc1. The molecule has 0 aliphatic carbocycles. The monoisotopic (exact) mass is 650 g/mol. The number of benzene rings is 6. The first-order valence-corrected chi connectivity index (χ1v) is 16.5. The smallest absolute Gasteiger partial charge is 0.138 e. The van der Waals surface area contributed by atoms with Gasteiger partial charge >= 0.3 is 0 Å². The van der Waals surface area contributed by atoms with Gasteiger partial charge in [-0.3, -0.25) is 0 Å². The zero-order valence-corrected chi connectivity index (χ0v) is 27.7. The molecule has 0 saturated carbocycles. The molecule has 2 aromatic heterocycles. The number of aromatic nitrogens is 4. The summed E-state index contributed by atoms with van der Waals surface area (Å²) in [5, 5.41) is 0. The molecule has 0 aliphatic heterocycles. The Morgan fingerprint density at radius 3 is 1.08 bits per heavy atom. The Bertz CT molecular complexity index is 2170. The molecule has 2 N–H and O–H groups in total. The first kappa shape index (κ1) is 30.7. The van der Waals surface area contributed by atoms with Crippen molar-refractivity contribution >= 4 is 0 Å². The van der Waals surface area contributed by atoms with Crippen LogP contribution in [0.3, 0.4) is 0 Å². The summed E-state index contributed by atoms with van der Waals surface area (Å²) in [5.41, 5.74) is 12.3. The molecule has 8 rings (SSSR count). The maximum atomic E-state index is 5.36. The molecular formula is C44H34N4O2. The van der Waals surface area contributed by atoms with Gasteiger partial charge in [0, 0.05) is 33.4 Å². The van der Waals surface area contributed by atoms with E-state index in [1.54, 1.807) is 14.2 Å². The number of hydrogen-bond acceptors (Lipinski definition) is 4. The second-order valence-electron chi connectivity index (χ2n) is 12.0. The third-order valence-corrected chi connectivity index (χ3v) is 8.91. The Hall–Kier alpha value is -6.66. The van der Waals surface area contributed by atoms with Crippen molar-refractivity contribution in [1.29, 1.82) is 0 Å². The topological polar surface area (TPSA) is 75.8 Å². The van der Waals surface area contributed by atoms with Crippen molar-refractivity contribution in [3.8, 4) is 90.4 Å². The Kier molecular flexibility index (Phi) is 8.25. The fourth-order valence-electron chi connectivity index (χ4n) is 6.20. The lowest BCUT2D eigenvalue weighted by Crippen LogP contribution is -1.86. The predicted molar refractivity (Wildman–Crippen MR) is 202 cm³/mol. The maximum absolute atomic E-state index is 5.36. The molecule has 0 amide bonds. The van der Waals surface area contributed by atoms with Gasteiger partial charge in [0.2, 0.25) is 0 Å². The molecule has 0 radical (unpaired) electrons. The molecule has 2 heterocycles. The summed E-state index contributed by atoms with van der Waals surface area (Å²) in [6.45, 7) is 0. The summed E-state index contributed by atoms with van der Waals surface area (Å²) in [4.78, 5) is 17.3. The van der Waals surface area contributed by atoms with Crippen molar-refractivity contribution in [3.63, 3.8) is 0 Å². The van der Waals surface area contributed by atoms with Crippen molar-refractivity contribution < 1.29 is 9.47 Å². The molecule has 0 fully saturated rings. The average molecular weight is 651 g/mol. The van der Waals surface area contributed by atoms with Gasteiger partial charge in [-0.1, -0.05) is 109 Å². The third kappa shape index (κ3) is 6.06. The van der Waals surface area contributed by atoms with Crippen LogP contribution in [0.1, 0.15) is 0 Å². The highest BCUT2D eigenvalue weighted by molar-refractivity contribution is 5.84. The second-order valence-corrected chi connectivity index (χ2v) is 12.0. The minimum atomic E-state index is 0.810. The molecule has 0 aliphatic rings. The Balaban J connectivity index is 1.11. The summed E-state index contributed by atoms with van der Waals surface area (Å²) in [5.74, 6) is 3.24. The molecule has 242 valence electrons. The fraction of sp³-hybridized carbons (Fsp3) is 0.0455. The number of nitrogens with one attached hydrogen (secondary N) is 2. The van der Waals surface area contributed by atoms with Crippen LogP contribution >= 0.6 is 0 Å². The van der Waals surface area contributed by atoms with Gasteiger partial charge in [0.15, 0.2) is 0 Å². The highest BCUT2D eigenvalue weighted by atomic mass is 16.5. The minimum absolute atomic E-state index is 0.810. The average Bonchev–Trinajstić information content (AvgIpc) is 3.85. The van der Waals surface area contributed by atoms with E-state index in [1.165, 1.54) is 0 Å². The third-order valence-electron chi connectivity index (χ3n) is 8.91. The summed E-state index contributed by atoms with van der Waals surface area (Å²) in [7, 11) is 3.35. The van der Waals surface area contributed by atoms with E-state index < -0.39 is 0 Å². The fourth-order valence-corrected chi connectivity index (χ4v) is 6.20. The highest BCUT2D eigenvalue weighted by Gasteiger charge is 2.17. The number of hydrogen-bond donors (Lipinski definition) is 2. The first-order chi connectivity index (χ1) is 24.7. The molecule has 6 aromatic carbocycles. The molecule has 0 saturated heterocycles. The van der Waals surface area contributed by atoms with E-state index in [-0.39, 0.29) is 0 Å². The van der Waals surface area contributed by atoms with Crippen LogP contribution in [-0.4, -0.2) is 34.2 Å². The van der Waals surface area contributed by atoms with Crippen molar-refractivity contribution in [3.05, 3.63) is 158 Å². The molecule has 50 heavy (non-hydrogen) atoms. The van der Waals surface area contributed by atoms with E-state index in [0.717, 1.165) is 90.4 Å². The summed E-state index contributed by atoms with van der Waals surface area (Å²) >= 11 is 0. The van der Waals surface area contributed by atoms with E-state index >= 15 is 0 Å². The predicted octanol–water partition coefficient (Wildman–Crippen LogP) is 10.8. The molecule has 0 atom stereocenters. The van der Waals surface area contributed by atoms with Crippen LogP contribution < -0.4 is 9.47 Å². The number of methoxy groups -OCH3 is 2. The van der Waals surface area contributed by atoms with Crippen molar-refractivity contribution in [2.24, 2.45) is 0 Å². The number of rotatable bonds is 9. The van der Waals surface area contributed by atoms with Gasteiger partial charge in [-0.05, 0) is 59.7 Å². The lowest BCUT2D eigenvalue weighted by atomic mass is 9.98. The Labute approximate surface area is 291 Å². The van der Waals surface area contributed by atoms with E-state index in [4.69, 9.17) is 19.4 Å². The van der Waals surface area contributed by atoms with Gasteiger partial charge in [-0.15, -0.1) is 0 Å². The molecule has 8 aromatic rings. The van der Waals surface area contributed by atoms with E-state index in [0.29, 0.717) is 0 Å². The quantitative estimate of drug-likeness (QED) is 0.163. The zero-order valence-electron chi connectivity index (χ0n) is 27.7. The summed E-state index contributed by atoms with van der Waals surface area (Å²) < 4.78 is 10.7. The van der Waals surface area contributed by atoms with E-state index in [1.807, 2.05) is 84.9 Å². The number of aromatic amines is 2. The van der Waals surface area contributed by atoms with Gasteiger partial charge in [-0.2, -0.15) is 0 Å². The second kappa shape index (κ2) is 13.5. The van der Waals surface area contributed by atoms with Crippen LogP contribution in [0.5, 0.6) is 11.5 Å². The van der Waals surface area contributed by atoms with Gasteiger partial charge in [0.05, 0.1) is 37.0 Å². The van der Waals surface area contributed by atoms with Gasteiger partial charge < -0.3 is 19.4 Å². The lowest BCUT2D eigenvalue weighted by Gasteiger charge is -2.08. The normalized spacial score (nSPS) is 11.0. The van der Waals surface area contributed by atoms with Crippen LogP contribution in [0, 0.1) is 0 Å². The summed E-state index contributed by atoms with van der Waals surface area (Å²) in [6, 6.07) is 53.8. The Morgan fingerprint density at radius 1 is 0.340 bits per heavy atom. The van der Waals surface area contributed by atoms with Crippen LogP contribution in [0.4, 0.5) is 0 Å². The maximum Gasteiger partial charge on any atom is 0.138 e. The highest BCUT2D eigenvalue weighted by Crippen LogP contribution is 2.37. The zero-order chi connectivity index (χ0) is 33.9. The van der Waals surface area contributed by atoms with Crippen molar-refractivity contribution in [2.75, 3.05) is 14.2 Å². The van der Waals surface area contributed by atoms with Crippen molar-refractivity contribution in [2.45, 2.75) is 0 Å². The number of ether oxygens (including phenoxy) is 2. The Morgan fingerprint density at radius 2 is 0.660 bits per heavy atom. The van der Waals surface area contributed by atoms with Crippen LogP contribution in [-0.2, 0) is 0 Å². The molecule has 0 spiro atoms. The molecule has 6 heteroatoms. The summed E-state index contributed by atoms with van der Waals surface area (Å²) in [6.07, 6.45) is 0. The lowest BCUT2D eigenvalue weighted by molar-refractivity contribution is 0.415. The van der Waals surface area contributed by atoms with Gasteiger partial charge in [-0.25, -0.2) is 9.97 Å². The van der Waals surface area contributed by atoms with Gasteiger partial charge in [0.25, 0.3) is 0 Å².